The molecule has 0 aromatic heterocycles. The molecule has 0 heterocycles. The number of carbonyl (C=O) groups excluding carboxylic acids is 2. The summed E-state index contributed by atoms with van der Waals surface area (Å²) in [7, 11) is 0. The molecule has 0 saturated carbocycles. The first kappa shape index (κ1) is 49.5. The Morgan fingerprint density at radius 3 is 1.32 bits per heavy atom. The summed E-state index contributed by atoms with van der Waals surface area (Å²) in [6, 6.07) is 18.0. The fourth-order valence-electron chi connectivity index (χ4n) is 8.21. The molecule has 2 aliphatic rings. The van der Waals surface area contributed by atoms with E-state index in [0.717, 1.165) is 49.9 Å². The molecule has 0 radical (unpaired) electrons. The summed E-state index contributed by atoms with van der Waals surface area (Å²) in [5.74, 6) is -5.55. The fraction of sp³-hybridized carbons (Fsp3) is 0.346. The second-order valence-corrected chi connectivity index (χ2v) is 21.8. The molecule has 6 rings (SSSR count). The van der Waals surface area contributed by atoms with Crippen LogP contribution in [0.15, 0.2) is 117 Å². The van der Waals surface area contributed by atoms with Gasteiger partial charge in [0, 0.05) is 13.2 Å². The van der Waals surface area contributed by atoms with Gasteiger partial charge in [-0.2, -0.15) is 0 Å². The first-order valence-electron chi connectivity index (χ1n) is 22.5. The number of unbranched alkanes of at least 4 members (excludes halogenated alkanes) is 2. The number of benzene rings is 4. The average molecular weight is 931 g/mol. The van der Waals surface area contributed by atoms with Gasteiger partial charge in [0.05, 0.1) is 0 Å². The molecule has 0 atom stereocenters. The van der Waals surface area contributed by atoms with Crippen LogP contribution in [0.25, 0.3) is 0 Å². The van der Waals surface area contributed by atoms with Crippen molar-refractivity contribution in [1.82, 2.24) is 0 Å². The van der Waals surface area contributed by atoms with Gasteiger partial charge in [0.2, 0.25) is 0 Å². The molecule has 0 bridgehead atoms. The molecule has 0 spiro atoms. The molecule has 0 saturated heterocycles. The van der Waals surface area contributed by atoms with Crippen LogP contribution in [0.2, 0.25) is 0 Å². The van der Waals surface area contributed by atoms with Gasteiger partial charge in [-0.05, 0) is 12.8 Å². The Balaban J connectivity index is 1.32. The van der Waals surface area contributed by atoms with Gasteiger partial charge in [0.1, 0.15) is 0 Å². The molecule has 0 fully saturated rings. The molecule has 2 amide bonds. The summed E-state index contributed by atoms with van der Waals surface area (Å²) in [4.78, 5) is 27.9. The van der Waals surface area contributed by atoms with E-state index in [2.05, 4.69) is 24.5 Å². The number of nitrogens with one attached hydrogen (secondary N) is 2. The number of carbonyl (C=O) groups is 2. The Bertz CT molecular complexity index is 2230. The van der Waals surface area contributed by atoms with Gasteiger partial charge in [-0.15, -0.1) is 0 Å². The predicted octanol–water partition coefficient (Wildman–Crippen LogP) is 10.3. The second kappa shape index (κ2) is 25.1. The van der Waals surface area contributed by atoms with Crippen LogP contribution in [0.3, 0.4) is 0 Å². The normalized spacial score (nSPS) is 13.3. The topological polar surface area (TPSA) is 95.1 Å². The number of allylic oxidation sites excluding steroid dienone is 8. The third-order valence-corrected chi connectivity index (χ3v) is 19.5. The van der Waals surface area contributed by atoms with Crippen LogP contribution < -0.4 is 18.4 Å². The minimum absolute atomic E-state index is 0.183. The number of hydrogen-bond donors (Lipinski definition) is 2. The number of amides is 2. The van der Waals surface area contributed by atoms with E-state index in [1.54, 1.807) is 85.0 Å². The molecule has 65 heavy (non-hydrogen) atoms. The van der Waals surface area contributed by atoms with E-state index in [9.17, 15) is 9.59 Å². The Labute approximate surface area is 383 Å². The summed E-state index contributed by atoms with van der Waals surface area (Å²) in [5, 5.41) is 5.30. The molecule has 344 valence electrons. The number of anilines is 2. The molecule has 2 N–H and O–H groups in total. The molecule has 2 aliphatic carbocycles. The van der Waals surface area contributed by atoms with Crippen LogP contribution in [-0.4, -0.2) is 64.7 Å². The maximum atomic E-state index is 17.6. The summed E-state index contributed by atoms with van der Waals surface area (Å²) >= 11 is -5.35. The second-order valence-electron chi connectivity index (χ2n) is 15.8. The van der Waals surface area contributed by atoms with Gasteiger partial charge in [0.25, 0.3) is 0 Å². The first-order valence-corrected chi connectivity index (χ1v) is 25.6. The van der Waals surface area contributed by atoms with Crippen LogP contribution in [0.5, 0.6) is 0 Å². The minimum atomic E-state index is -5.35. The van der Waals surface area contributed by atoms with E-state index in [0.29, 0.717) is 84.6 Å². The SMILES string of the molecule is CCCCOCCOCCc1ccccc1C(=O)Nc1ccc(F)[c]([Ti]([C]2=CC=CC2)([C]2=CC=CC2)[c]2c(F)ccc(NC(=O)c3ccccc3CCOCCOCCCC)c2F)c1F. The summed E-state index contributed by atoms with van der Waals surface area (Å²) in [6.45, 7) is 7.81. The van der Waals surface area contributed by atoms with Gasteiger partial charge in [0.15, 0.2) is 0 Å². The first-order chi connectivity index (χ1) is 31.7. The van der Waals surface area contributed by atoms with Crippen molar-refractivity contribution in [3.63, 3.8) is 0 Å². The Hall–Kier alpha value is -4.95. The van der Waals surface area contributed by atoms with E-state index in [4.69, 9.17) is 18.9 Å². The predicted molar refractivity (Wildman–Crippen MR) is 245 cm³/mol. The van der Waals surface area contributed by atoms with Crippen molar-refractivity contribution in [2.45, 2.75) is 65.2 Å². The summed E-state index contributed by atoms with van der Waals surface area (Å²) < 4.78 is 91.4. The number of hydrogen-bond acceptors (Lipinski definition) is 6. The van der Waals surface area contributed by atoms with Gasteiger partial charge in [-0.25, -0.2) is 0 Å². The van der Waals surface area contributed by atoms with Crippen LogP contribution in [-0.2, 0) is 48.4 Å². The molecule has 4 aromatic rings. The van der Waals surface area contributed by atoms with E-state index in [1.165, 1.54) is 0 Å². The van der Waals surface area contributed by atoms with E-state index >= 15 is 17.6 Å². The Kier molecular flexibility index (Phi) is 19.1. The quantitative estimate of drug-likeness (QED) is 0.0370. The zero-order chi connectivity index (χ0) is 46.0. The van der Waals surface area contributed by atoms with Gasteiger partial charge < -0.3 is 9.47 Å². The van der Waals surface area contributed by atoms with Gasteiger partial charge >= 0.3 is 323 Å². The molecule has 4 aromatic carbocycles. The number of ether oxygens (including phenoxy) is 4. The third-order valence-electron chi connectivity index (χ3n) is 11.5. The van der Waals surface area contributed by atoms with E-state index < -0.39 is 59.4 Å². The van der Waals surface area contributed by atoms with Crippen molar-refractivity contribution < 1.29 is 62.7 Å². The average Bonchev–Trinajstić information content (AvgIpc) is 4.07. The van der Waals surface area contributed by atoms with Crippen LogP contribution in [0.1, 0.15) is 84.2 Å². The molecule has 0 aliphatic heterocycles. The van der Waals surface area contributed by atoms with Crippen molar-refractivity contribution >= 4 is 30.9 Å². The molecule has 0 unspecified atom stereocenters. The monoisotopic (exact) mass is 930 g/mol. The standard InChI is InChI=1S/2C21H24F2NO3.2C5H5.Ti/c2*1-2-3-11-26-13-14-27-12-10-16-6-4-5-7-18(16)21(25)24-20-9-8-17(22)15-19(20)23;2*1-2-4-5-3-1;/h2*4-9H,2-3,10-14H2,1H3,(H,24,25);2*1-3H,4H2;. The summed E-state index contributed by atoms with van der Waals surface area (Å²) in [6.07, 6.45) is 15.5. The van der Waals surface area contributed by atoms with Crippen LogP contribution >= 0.6 is 0 Å². The van der Waals surface area contributed by atoms with E-state index in [-0.39, 0.29) is 35.3 Å². The van der Waals surface area contributed by atoms with Crippen LogP contribution in [0, 0.1) is 23.3 Å². The van der Waals surface area contributed by atoms with Crippen molar-refractivity contribution in [1.29, 1.82) is 0 Å². The molecule has 13 heteroatoms. The third kappa shape index (κ3) is 12.3. The van der Waals surface area contributed by atoms with Crippen molar-refractivity contribution in [3.05, 3.63) is 163 Å². The van der Waals surface area contributed by atoms with Crippen LogP contribution in [0.4, 0.5) is 28.9 Å². The maximum absolute atomic E-state index is 17.6. The Morgan fingerprint density at radius 1 is 0.538 bits per heavy atom. The number of halogens is 4. The van der Waals surface area contributed by atoms with Gasteiger partial charge in [-0.1, -0.05) is 26.7 Å². The van der Waals surface area contributed by atoms with Crippen molar-refractivity contribution in [2.75, 3.05) is 63.5 Å². The molecular weight excluding hydrogens is 872 g/mol. The Morgan fingerprint density at radius 2 is 0.938 bits per heavy atom. The summed E-state index contributed by atoms with van der Waals surface area (Å²) in [5.41, 5.74) is 1.15. The molecule has 8 nitrogen and oxygen atoms in total. The zero-order valence-electron chi connectivity index (χ0n) is 37.2. The van der Waals surface area contributed by atoms with Crippen molar-refractivity contribution in [3.8, 4) is 0 Å². The number of rotatable bonds is 26. The van der Waals surface area contributed by atoms with E-state index in [1.807, 2.05) is 0 Å². The zero-order valence-corrected chi connectivity index (χ0v) is 38.7. The van der Waals surface area contributed by atoms with Gasteiger partial charge in [-0.3, -0.25) is 0 Å². The van der Waals surface area contributed by atoms with Crippen molar-refractivity contribution in [2.24, 2.45) is 0 Å². The molecular formula is C52H58F4N2O6Ti. The fourth-order valence-corrected chi connectivity index (χ4v) is 16.5.